The zero-order valence-electron chi connectivity index (χ0n) is 6.25. The predicted molar refractivity (Wildman–Crippen MR) is 38.1 cm³/mol. The molecule has 0 aliphatic carbocycles. The highest BCUT2D eigenvalue weighted by Crippen LogP contribution is 2.09. The zero-order chi connectivity index (χ0) is 8.27. The number of rotatable bonds is 2. The summed E-state index contributed by atoms with van der Waals surface area (Å²) in [6.45, 7) is 0.462. The number of carbonyl (C=O) groups is 2. The molecule has 4 heteroatoms. The highest BCUT2D eigenvalue weighted by Gasteiger charge is 2.19. The van der Waals surface area contributed by atoms with Crippen LogP contribution in [-0.4, -0.2) is 35.0 Å². The van der Waals surface area contributed by atoms with Crippen LogP contribution in [0.4, 0.5) is 0 Å². The molecule has 62 valence electrons. The number of hydrogen-bond acceptors (Lipinski definition) is 2. The molecule has 0 unspecified atom stereocenters. The molecular weight excluding hydrogens is 146 g/mol. The summed E-state index contributed by atoms with van der Waals surface area (Å²) >= 11 is 0. The molecule has 1 rings (SSSR count). The molecule has 1 amide bonds. The summed E-state index contributed by atoms with van der Waals surface area (Å²) in [5, 5.41) is 8.39. The summed E-state index contributed by atoms with van der Waals surface area (Å²) in [4.78, 5) is 22.6. The van der Waals surface area contributed by atoms with E-state index < -0.39 is 5.97 Å². The van der Waals surface area contributed by atoms with Gasteiger partial charge in [0.1, 0.15) is 6.54 Å². The van der Waals surface area contributed by atoms with E-state index in [-0.39, 0.29) is 12.5 Å². The molecule has 0 aromatic carbocycles. The van der Waals surface area contributed by atoms with Crippen LogP contribution in [0, 0.1) is 0 Å². The van der Waals surface area contributed by atoms with Crippen molar-refractivity contribution in [2.24, 2.45) is 0 Å². The lowest BCUT2D eigenvalue weighted by Gasteiger charge is -2.24. The Labute approximate surface area is 64.8 Å². The third-order valence-electron chi connectivity index (χ3n) is 1.75. The molecule has 1 fully saturated rings. The second-order valence-electron chi connectivity index (χ2n) is 2.67. The van der Waals surface area contributed by atoms with E-state index in [0.717, 1.165) is 12.8 Å². The van der Waals surface area contributed by atoms with Gasteiger partial charge in [0.2, 0.25) is 5.91 Å². The first-order chi connectivity index (χ1) is 5.20. The second-order valence-corrected chi connectivity index (χ2v) is 2.67. The Balaban J connectivity index is 2.42. The first kappa shape index (κ1) is 8.04. The summed E-state index contributed by atoms with van der Waals surface area (Å²) < 4.78 is 0. The van der Waals surface area contributed by atoms with Gasteiger partial charge in [-0.15, -0.1) is 0 Å². The van der Waals surface area contributed by atoms with Crippen molar-refractivity contribution in [2.75, 3.05) is 13.1 Å². The van der Waals surface area contributed by atoms with Gasteiger partial charge in [0.05, 0.1) is 0 Å². The lowest BCUT2D eigenvalue weighted by atomic mass is 10.1. The van der Waals surface area contributed by atoms with Crippen LogP contribution in [0.15, 0.2) is 0 Å². The van der Waals surface area contributed by atoms with Gasteiger partial charge < -0.3 is 10.0 Å². The number of amides is 1. The van der Waals surface area contributed by atoms with Crippen molar-refractivity contribution in [3.63, 3.8) is 0 Å². The van der Waals surface area contributed by atoms with E-state index in [2.05, 4.69) is 0 Å². The van der Waals surface area contributed by atoms with Crippen LogP contribution in [0.2, 0.25) is 0 Å². The predicted octanol–water partition coefficient (Wildman–Crippen LogP) is 0.0835. The van der Waals surface area contributed by atoms with E-state index in [1.165, 1.54) is 4.90 Å². The Bertz CT molecular complexity index is 179. The molecule has 0 aromatic rings. The molecular formula is C7H11NO3. The highest BCUT2D eigenvalue weighted by atomic mass is 16.4. The van der Waals surface area contributed by atoms with Crippen molar-refractivity contribution in [1.82, 2.24) is 4.90 Å². The maximum atomic E-state index is 11.0. The lowest BCUT2D eigenvalue weighted by Crippen LogP contribution is -2.38. The van der Waals surface area contributed by atoms with Crippen LogP contribution < -0.4 is 0 Å². The summed E-state index contributed by atoms with van der Waals surface area (Å²) in [5.41, 5.74) is 0. The molecule has 1 N–H and O–H groups in total. The minimum Gasteiger partial charge on any atom is -0.480 e. The van der Waals surface area contributed by atoms with Gasteiger partial charge in [-0.3, -0.25) is 9.59 Å². The van der Waals surface area contributed by atoms with Gasteiger partial charge in [0.15, 0.2) is 0 Å². The summed E-state index contributed by atoms with van der Waals surface area (Å²) in [7, 11) is 0. The van der Waals surface area contributed by atoms with Gasteiger partial charge in [-0.1, -0.05) is 0 Å². The maximum Gasteiger partial charge on any atom is 0.323 e. The molecule has 11 heavy (non-hydrogen) atoms. The highest BCUT2D eigenvalue weighted by molar-refractivity contribution is 5.81. The number of carboxylic acids is 1. The van der Waals surface area contributed by atoms with E-state index in [4.69, 9.17) is 5.11 Å². The number of likely N-dealkylation sites (tertiary alicyclic amines) is 1. The fraction of sp³-hybridized carbons (Fsp3) is 0.714. The van der Waals surface area contributed by atoms with Gasteiger partial charge in [0.25, 0.3) is 0 Å². The average Bonchev–Trinajstić information content (AvgIpc) is 1.93. The van der Waals surface area contributed by atoms with E-state index in [0.29, 0.717) is 13.0 Å². The molecule has 0 saturated carbocycles. The summed E-state index contributed by atoms with van der Waals surface area (Å²) in [6, 6.07) is 0. The minimum absolute atomic E-state index is 0.0290. The van der Waals surface area contributed by atoms with Gasteiger partial charge >= 0.3 is 5.97 Å². The normalized spacial score (nSPS) is 18.5. The van der Waals surface area contributed by atoms with Gasteiger partial charge in [-0.05, 0) is 12.8 Å². The molecule has 0 bridgehead atoms. The maximum absolute atomic E-state index is 11.0. The van der Waals surface area contributed by atoms with Crippen LogP contribution in [0.1, 0.15) is 19.3 Å². The van der Waals surface area contributed by atoms with Crippen molar-refractivity contribution in [3.05, 3.63) is 0 Å². The van der Waals surface area contributed by atoms with Crippen molar-refractivity contribution in [1.29, 1.82) is 0 Å². The number of hydrogen-bond donors (Lipinski definition) is 1. The van der Waals surface area contributed by atoms with Crippen molar-refractivity contribution < 1.29 is 14.7 Å². The Hall–Kier alpha value is -1.06. The van der Waals surface area contributed by atoms with Crippen LogP contribution >= 0.6 is 0 Å². The number of piperidine rings is 1. The number of nitrogens with zero attached hydrogens (tertiary/aromatic N) is 1. The smallest absolute Gasteiger partial charge is 0.323 e. The van der Waals surface area contributed by atoms with E-state index >= 15 is 0 Å². The van der Waals surface area contributed by atoms with Crippen LogP contribution in [-0.2, 0) is 9.59 Å². The second kappa shape index (κ2) is 3.37. The Morgan fingerprint density at radius 2 is 2.27 bits per heavy atom. The van der Waals surface area contributed by atoms with Crippen molar-refractivity contribution >= 4 is 11.9 Å². The minimum atomic E-state index is -0.930. The monoisotopic (exact) mass is 157 g/mol. The molecule has 1 heterocycles. The average molecular weight is 157 g/mol. The molecule has 0 atom stereocenters. The van der Waals surface area contributed by atoms with Crippen LogP contribution in [0.5, 0.6) is 0 Å². The largest absolute Gasteiger partial charge is 0.480 e. The van der Waals surface area contributed by atoms with Gasteiger partial charge in [0, 0.05) is 13.0 Å². The van der Waals surface area contributed by atoms with E-state index in [1.807, 2.05) is 0 Å². The zero-order valence-corrected chi connectivity index (χ0v) is 6.25. The fourth-order valence-electron chi connectivity index (χ4n) is 1.19. The molecule has 4 nitrogen and oxygen atoms in total. The Morgan fingerprint density at radius 1 is 1.55 bits per heavy atom. The molecule has 1 saturated heterocycles. The molecule has 1 aliphatic rings. The molecule has 0 radical (unpaired) electrons. The lowest BCUT2D eigenvalue weighted by molar-refractivity contribution is -0.145. The Kier molecular flexibility index (Phi) is 2.46. The third kappa shape index (κ3) is 2.22. The van der Waals surface area contributed by atoms with Crippen molar-refractivity contribution in [3.8, 4) is 0 Å². The number of carbonyl (C=O) groups excluding carboxylic acids is 1. The first-order valence-electron chi connectivity index (χ1n) is 3.70. The molecule has 1 aliphatic heterocycles. The van der Waals surface area contributed by atoms with Crippen LogP contribution in [0.3, 0.4) is 0 Å². The fourth-order valence-corrected chi connectivity index (χ4v) is 1.19. The Morgan fingerprint density at radius 3 is 2.82 bits per heavy atom. The summed E-state index contributed by atoms with van der Waals surface area (Å²) in [5.74, 6) is -0.959. The van der Waals surface area contributed by atoms with Gasteiger partial charge in [-0.2, -0.15) is 0 Å². The van der Waals surface area contributed by atoms with E-state index in [1.54, 1.807) is 0 Å². The van der Waals surface area contributed by atoms with Crippen LogP contribution in [0.25, 0.3) is 0 Å². The topological polar surface area (TPSA) is 57.6 Å². The van der Waals surface area contributed by atoms with E-state index in [9.17, 15) is 9.59 Å². The quantitative estimate of drug-likeness (QED) is 0.617. The standard InChI is InChI=1S/C7H11NO3/c9-6-3-1-2-4-8(6)5-7(10)11/h1-5H2,(H,10,11). The number of carboxylic acid groups (broad SMARTS) is 1. The SMILES string of the molecule is O=C(O)CN1CCCCC1=O. The summed E-state index contributed by atoms with van der Waals surface area (Å²) in [6.07, 6.45) is 2.33. The number of aliphatic carboxylic acids is 1. The molecule has 0 aromatic heterocycles. The third-order valence-corrected chi connectivity index (χ3v) is 1.75. The van der Waals surface area contributed by atoms with Crippen molar-refractivity contribution in [2.45, 2.75) is 19.3 Å². The van der Waals surface area contributed by atoms with Gasteiger partial charge in [-0.25, -0.2) is 0 Å². The molecule has 0 spiro atoms. The first-order valence-corrected chi connectivity index (χ1v) is 3.70.